The zero-order valence-corrected chi connectivity index (χ0v) is 15.7. The number of methoxy groups -OCH3 is 2. The minimum atomic E-state index is -0.168. The molecule has 1 amide bonds. The summed E-state index contributed by atoms with van der Waals surface area (Å²) in [7, 11) is 7.15. The fourth-order valence-corrected chi connectivity index (χ4v) is 2.31. The van der Waals surface area contributed by atoms with Crippen LogP contribution >= 0.6 is 0 Å². The summed E-state index contributed by atoms with van der Waals surface area (Å²) in [6.07, 6.45) is 1.65. The molecule has 2 aromatic rings. The van der Waals surface area contributed by atoms with Crippen LogP contribution in [-0.2, 0) is 6.54 Å². The van der Waals surface area contributed by atoms with E-state index in [4.69, 9.17) is 9.47 Å². The first kappa shape index (κ1) is 19.5. The number of hydrogen-bond acceptors (Lipinski definition) is 6. The van der Waals surface area contributed by atoms with Crippen molar-refractivity contribution in [2.24, 2.45) is 0 Å². The van der Waals surface area contributed by atoms with Crippen LogP contribution in [0.5, 0.6) is 11.5 Å². The van der Waals surface area contributed by atoms with Gasteiger partial charge in [0.1, 0.15) is 5.69 Å². The van der Waals surface area contributed by atoms with Crippen molar-refractivity contribution in [1.29, 1.82) is 0 Å². The van der Waals surface area contributed by atoms with E-state index in [9.17, 15) is 4.79 Å². The average Bonchev–Trinajstić information content (AvgIpc) is 2.66. The number of hydrogen-bond donors (Lipinski definition) is 2. The second-order valence-electron chi connectivity index (χ2n) is 6.03. The van der Waals surface area contributed by atoms with Crippen LogP contribution in [0.15, 0.2) is 36.5 Å². The fourth-order valence-electron chi connectivity index (χ4n) is 2.31. The molecule has 2 rings (SSSR count). The quantitative estimate of drug-likeness (QED) is 0.714. The van der Waals surface area contributed by atoms with E-state index < -0.39 is 0 Å². The number of nitrogens with zero attached hydrogens (tertiary/aromatic N) is 2. The minimum Gasteiger partial charge on any atom is -0.493 e. The van der Waals surface area contributed by atoms with Crippen LogP contribution in [0.3, 0.4) is 0 Å². The Bertz CT molecular complexity index is 717. The lowest BCUT2D eigenvalue weighted by atomic mass is 10.2. The molecule has 0 bridgehead atoms. The van der Waals surface area contributed by atoms with Gasteiger partial charge in [0, 0.05) is 19.6 Å². The smallest absolute Gasteiger partial charge is 0.269 e. The summed E-state index contributed by atoms with van der Waals surface area (Å²) in [5, 5.41) is 6.12. The molecule has 0 aliphatic heterocycles. The monoisotopic (exact) mass is 358 g/mol. The zero-order chi connectivity index (χ0) is 18.9. The number of amides is 1. The molecule has 0 aliphatic carbocycles. The SMILES string of the molecule is COc1ccc(CNc2ccc(C(=O)NCCN(C)C)nc2)cc1OC. The van der Waals surface area contributed by atoms with Crippen LogP contribution in [-0.4, -0.2) is 57.2 Å². The highest BCUT2D eigenvalue weighted by atomic mass is 16.5. The summed E-state index contributed by atoms with van der Waals surface area (Å²) < 4.78 is 10.5. The molecule has 1 heterocycles. The van der Waals surface area contributed by atoms with Gasteiger partial charge in [0.05, 0.1) is 26.1 Å². The Kier molecular flexibility index (Phi) is 7.23. The summed E-state index contributed by atoms with van der Waals surface area (Å²) in [6, 6.07) is 9.31. The Morgan fingerprint density at radius 2 is 1.88 bits per heavy atom. The van der Waals surface area contributed by atoms with Crippen molar-refractivity contribution in [2.45, 2.75) is 6.54 Å². The number of nitrogens with one attached hydrogen (secondary N) is 2. The van der Waals surface area contributed by atoms with Crippen molar-refractivity contribution in [3.05, 3.63) is 47.8 Å². The summed E-state index contributed by atoms with van der Waals surface area (Å²) in [4.78, 5) is 18.2. The number of carbonyl (C=O) groups is 1. The molecular weight excluding hydrogens is 332 g/mol. The summed E-state index contributed by atoms with van der Waals surface area (Å²) in [6.45, 7) is 1.99. The van der Waals surface area contributed by atoms with Crippen molar-refractivity contribution in [3.8, 4) is 11.5 Å². The third kappa shape index (κ3) is 5.63. The summed E-state index contributed by atoms with van der Waals surface area (Å²) in [5.41, 5.74) is 2.29. The molecule has 0 saturated heterocycles. The van der Waals surface area contributed by atoms with E-state index >= 15 is 0 Å². The first-order valence-electron chi connectivity index (χ1n) is 8.37. The number of benzene rings is 1. The third-order valence-electron chi connectivity index (χ3n) is 3.79. The molecule has 7 heteroatoms. The van der Waals surface area contributed by atoms with E-state index in [1.165, 1.54) is 0 Å². The highest BCUT2D eigenvalue weighted by Gasteiger charge is 2.07. The lowest BCUT2D eigenvalue weighted by Crippen LogP contribution is -2.31. The Balaban J connectivity index is 1.90. The Hall–Kier alpha value is -2.80. The summed E-state index contributed by atoms with van der Waals surface area (Å²) in [5.74, 6) is 1.22. The predicted octanol–water partition coefficient (Wildman–Crippen LogP) is 2.00. The molecule has 2 N–H and O–H groups in total. The maximum atomic E-state index is 12.0. The number of carbonyl (C=O) groups excluding carboxylic acids is 1. The van der Waals surface area contributed by atoms with Gasteiger partial charge in [-0.05, 0) is 43.9 Å². The maximum Gasteiger partial charge on any atom is 0.269 e. The van der Waals surface area contributed by atoms with E-state index in [-0.39, 0.29) is 5.91 Å². The predicted molar refractivity (Wildman–Crippen MR) is 102 cm³/mol. The fraction of sp³-hybridized carbons (Fsp3) is 0.368. The van der Waals surface area contributed by atoms with Gasteiger partial charge in [0.15, 0.2) is 11.5 Å². The van der Waals surface area contributed by atoms with Crippen molar-refractivity contribution >= 4 is 11.6 Å². The van der Waals surface area contributed by atoms with Crippen LogP contribution in [0.1, 0.15) is 16.1 Å². The molecule has 0 radical (unpaired) electrons. The Morgan fingerprint density at radius 1 is 1.12 bits per heavy atom. The number of aromatic nitrogens is 1. The first-order valence-corrected chi connectivity index (χ1v) is 8.37. The van der Waals surface area contributed by atoms with Gasteiger partial charge in [-0.1, -0.05) is 6.07 Å². The number of rotatable bonds is 9. The average molecular weight is 358 g/mol. The second-order valence-corrected chi connectivity index (χ2v) is 6.03. The first-order chi connectivity index (χ1) is 12.5. The van der Waals surface area contributed by atoms with Crippen LogP contribution in [0, 0.1) is 0 Å². The van der Waals surface area contributed by atoms with Gasteiger partial charge in [-0.2, -0.15) is 0 Å². The van der Waals surface area contributed by atoms with Gasteiger partial charge in [0.25, 0.3) is 5.91 Å². The highest BCUT2D eigenvalue weighted by molar-refractivity contribution is 5.92. The molecule has 0 fully saturated rings. The summed E-state index contributed by atoms with van der Waals surface area (Å²) >= 11 is 0. The van der Waals surface area contributed by atoms with Crippen molar-refractivity contribution in [1.82, 2.24) is 15.2 Å². The van der Waals surface area contributed by atoms with Gasteiger partial charge in [-0.25, -0.2) is 4.98 Å². The highest BCUT2D eigenvalue weighted by Crippen LogP contribution is 2.27. The molecule has 0 spiro atoms. The molecule has 1 aromatic carbocycles. The van der Waals surface area contributed by atoms with Crippen molar-refractivity contribution in [2.75, 3.05) is 46.7 Å². The lowest BCUT2D eigenvalue weighted by molar-refractivity contribution is 0.0946. The largest absolute Gasteiger partial charge is 0.493 e. The maximum absolute atomic E-state index is 12.0. The van der Waals surface area contributed by atoms with E-state index in [1.807, 2.05) is 43.3 Å². The standard InChI is InChI=1S/C19H26N4O3/c1-23(2)10-9-20-19(24)16-7-6-15(13-22-16)21-12-14-5-8-17(25-3)18(11-14)26-4/h5-8,11,13,21H,9-10,12H2,1-4H3,(H,20,24). The van der Waals surface area contributed by atoms with Crippen molar-refractivity contribution < 1.29 is 14.3 Å². The molecule has 0 saturated carbocycles. The van der Waals surface area contributed by atoms with Gasteiger partial charge >= 0.3 is 0 Å². The molecule has 140 valence electrons. The zero-order valence-electron chi connectivity index (χ0n) is 15.7. The Labute approximate surface area is 154 Å². The number of pyridine rings is 1. The van der Waals surface area contributed by atoms with Crippen LogP contribution < -0.4 is 20.1 Å². The topological polar surface area (TPSA) is 75.7 Å². The number of anilines is 1. The molecule has 0 aliphatic rings. The number of ether oxygens (including phenoxy) is 2. The Morgan fingerprint density at radius 3 is 2.50 bits per heavy atom. The van der Waals surface area contributed by atoms with Gasteiger partial charge in [0.2, 0.25) is 0 Å². The number of likely N-dealkylation sites (N-methyl/N-ethyl adjacent to an activating group) is 1. The van der Waals surface area contributed by atoms with E-state index in [2.05, 4.69) is 15.6 Å². The van der Waals surface area contributed by atoms with E-state index in [1.54, 1.807) is 26.5 Å². The van der Waals surface area contributed by atoms with E-state index in [0.717, 1.165) is 17.8 Å². The normalized spacial score (nSPS) is 10.5. The molecule has 0 atom stereocenters. The van der Waals surface area contributed by atoms with Crippen LogP contribution in [0.2, 0.25) is 0 Å². The molecule has 0 unspecified atom stereocenters. The lowest BCUT2D eigenvalue weighted by Gasteiger charge is -2.11. The van der Waals surface area contributed by atoms with Gasteiger partial charge in [-0.15, -0.1) is 0 Å². The minimum absolute atomic E-state index is 0.168. The third-order valence-corrected chi connectivity index (χ3v) is 3.79. The molecule has 1 aromatic heterocycles. The van der Waals surface area contributed by atoms with Gasteiger partial charge < -0.3 is 25.0 Å². The van der Waals surface area contributed by atoms with E-state index in [0.29, 0.717) is 30.3 Å². The van der Waals surface area contributed by atoms with Crippen LogP contribution in [0.4, 0.5) is 5.69 Å². The second kappa shape index (κ2) is 9.62. The van der Waals surface area contributed by atoms with Crippen LogP contribution in [0.25, 0.3) is 0 Å². The van der Waals surface area contributed by atoms with Gasteiger partial charge in [-0.3, -0.25) is 4.79 Å². The molecular formula is C19H26N4O3. The van der Waals surface area contributed by atoms with Crippen molar-refractivity contribution in [3.63, 3.8) is 0 Å². The molecule has 7 nitrogen and oxygen atoms in total. The molecule has 26 heavy (non-hydrogen) atoms.